The largest absolute Gasteiger partial charge is 0.491 e. The van der Waals surface area contributed by atoms with Gasteiger partial charge in [0.05, 0.1) is 29.7 Å². The Labute approximate surface area is 270 Å². The predicted octanol–water partition coefficient (Wildman–Crippen LogP) is 8.58. The number of anilines is 2. The zero-order valence-electron chi connectivity index (χ0n) is 28.3. The zero-order valence-corrected chi connectivity index (χ0v) is 29.1. The molecule has 3 rings (SSSR count). The Morgan fingerprint density at radius 3 is 2.30 bits per heavy atom. The zero-order chi connectivity index (χ0) is 32.3. The number of carbonyl (C=O) groups is 2. The number of thioether (sulfide) groups is 1. The van der Waals surface area contributed by atoms with Crippen molar-refractivity contribution in [2.75, 3.05) is 48.8 Å². The van der Waals surface area contributed by atoms with Crippen molar-refractivity contribution in [3.05, 3.63) is 53.6 Å². The summed E-state index contributed by atoms with van der Waals surface area (Å²) in [6, 6.07) is 13.9. The molecule has 244 valence electrons. The molecular formula is C36H55N3O4S. The second-order valence-electron chi connectivity index (χ2n) is 12.6. The number of benzene rings is 2. The molecule has 1 N–H and O–H groups in total. The molecule has 2 amide bonds. The van der Waals surface area contributed by atoms with Crippen molar-refractivity contribution in [3.8, 4) is 5.75 Å². The average molecular weight is 626 g/mol. The van der Waals surface area contributed by atoms with Crippen LogP contribution >= 0.6 is 11.8 Å². The van der Waals surface area contributed by atoms with Crippen LogP contribution in [0.3, 0.4) is 0 Å². The van der Waals surface area contributed by atoms with Crippen molar-refractivity contribution in [1.82, 2.24) is 4.90 Å². The highest BCUT2D eigenvalue weighted by atomic mass is 32.2. The van der Waals surface area contributed by atoms with Crippen LogP contribution in [0.2, 0.25) is 0 Å². The second-order valence-corrected chi connectivity index (χ2v) is 14.3. The predicted molar refractivity (Wildman–Crippen MR) is 185 cm³/mol. The van der Waals surface area contributed by atoms with E-state index < -0.39 is 5.92 Å². The van der Waals surface area contributed by atoms with Crippen LogP contribution in [0.5, 0.6) is 5.75 Å². The van der Waals surface area contributed by atoms with Gasteiger partial charge < -0.3 is 24.6 Å². The summed E-state index contributed by atoms with van der Waals surface area (Å²) in [4.78, 5) is 30.5. The van der Waals surface area contributed by atoms with Crippen LogP contribution < -0.4 is 15.0 Å². The SMILES string of the molecule is CCCOc1ccc(C(Cc2ccc(NC(=O)N3CCSC3(C)C)cc2)C(=O)OCC)cc1N(CC(C)C)CC(CC)CC. The standard InChI is InChI=1S/C36H55N3O4S/c1-9-20-43-33-18-15-29(23-32(33)38(24-26(5)6)25-27(10-2)11-3)31(34(40)42-12-4)22-28-13-16-30(17-14-28)37-35(41)39-19-21-44-36(39,7)8/h13-18,23,26-27,31H,9-12,19-22,24-25H2,1-8H3,(H,37,41). The number of amides is 2. The third-order valence-corrected chi connectivity index (χ3v) is 9.60. The quantitative estimate of drug-likeness (QED) is 0.189. The summed E-state index contributed by atoms with van der Waals surface area (Å²) in [5, 5.41) is 3.04. The van der Waals surface area contributed by atoms with E-state index in [1.165, 1.54) is 0 Å². The molecule has 1 heterocycles. The van der Waals surface area contributed by atoms with Gasteiger partial charge in [0.15, 0.2) is 0 Å². The van der Waals surface area contributed by atoms with Crippen molar-refractivity contribution in [2.45, 2.75) is 91.9 Å². The molecular weight excluding hydrogens is 570 g/mol. The van der Waals surface area contributed by atoms with Crippen LogP contribution in [0.1, 0.15) is 91.7 Å². The number of rotatable bonds is 16. The fraction of sp³-hybridized carbons (Fsp3) is 0.611. The van der Waals surface area contributed by atoms with Crippen molar-refractivity contribution < 1.29 is 19.1 Å². The van der Waals surface area contributed by atoms with Crippen LogP contribution in [0.15, 0.2) is 42.5 Å². The first-order valence-electron chi connectivity index (χ1n) is 16.5. The number of hydrogen-bond donors (Lipinski definition) is 1. The van der Waals surface area contributed by atoms with Crippen LogP contribution in [0.4, 0.5) is 16.2 Å². The Morgan fingerprint density at radius 2 is 1.73 bits per heavy atom. The summed E-state index contributed by atoms with van der Waals surface area (Å²) >= 11 is 1.79. The molecule has 44 heavy (non-hydrogen) atoms. The van der Waals surface area contributed by atoms with E-state index in [2.05, 4.69) is 64.7 Å². The monoisotopic (exact) mass is 625 g/mol. The van der Waals surface area contributed by atoms with Crippen LogP contribution in [0, 0.1) is 11.8 Å². The van der Waals surface area contributed by atoms with E-state index in [4.69, 9.17) is 9.47 Å². The van der Waals surface area contributed by atoms with Gasteiger partial charge in [-0.2, -0.15) is 0 Å². The molecule has 1 saturated heterocycles. The summed E-state index contributed by atoms with van der Waals surface area (Å²) in [6.07, 6.45) is 3.65. The lowest BCUT2D eigenvalue weighted by atomic mass is 9.91. The summed E-state index contributed by atoms with van der Waals surface area (Å²) < 4.78 is 11.9. The molecule has 2 aromatic rings. The molecule has 2 aromatic carbocycles. The molecule has 0 spiro atoms. The summed E-state index contributed by atoms with van der Waals surface area (Å²) in [5.74, 6) is 2.15. The minimum absolute atomic E-state index is 0.0885. The van der Waals surface area contributed by atoms with Crippen molar-refractivity contribution in [2.24, 2.45) is 11.8 Å². The molecule has 1 aliphatic heterocycles. The number of urea groups is 1. The summed E-state index contributed by atoms with van der Waals surface area (Å²) in [5.41, 5.74) is 3.71. The number of nitrogens with one attached hydrogen (secondary N) is 1. The normalized spacial score (nSPS) is 15.0. The molecule has 1 fully saturated rings. The van der Waals surface area contributed by atoms with Crippen molar-refractivity contribution in [3.63, 3.8) is 0 Å². The first kappa shape index (κ1) is 35.6. The lowest BCUT2D eigenvalue weighted by Crippen LogP contribution is -2.43. The minimum atomic E-state index is -0.467. The molecule has 0 saturated carbocycles. The fourth-order valence-corrected chi connectivity index (χ4v) is 6.82. The molecule has 0 radical (unpaired) electrons. The molecule has 0 aromatic heterocycles. The van der Waals surface area contributed by atoms with E-state index in [1.807, 2.05) is 48.2 Å². The lowest BCUT2D eigenvalue weighted by Gasteiger charge is -2.32. The summed E-state index contributed by atoms with van der Waals surface area (Å²) in [6.45, 7) is 20.7. The first-order valence-corrected chi connectivity index (χ1v) is 17.5. The molecule has 1 aliphatic rings. The first-order chi connectivity index (χ1) is 21.0. The average Bonchev–Trinajstić information content (AvgIpc) is 3.36. The van der Waals surface area contributed by atoms with Gasteiger partial charge in [-0.3, -0.25) is 4.79 Å². The maximum Gasteiger partial charge on any atom is 0.322 e. The van der Waals surface area contributed by atoms with Gasteiger partial charge >= 0.3 is 12.0 Å². The smallest absolute Gasteiger partial charge is 0.322 e. The van der Waals surface area contributed by atoms with Crippen LogP contribution in [-0.4, -0.2) is 60.4 Å². The number of nitrogens with zero attached hydrogens (tertiary/aromatic N) is 2. The van der Waals surface area contributed by atoms with Crippen molar-refractivity contribution in [1.29, 1.82) is 0 Å². The molecule has 0 bridgehead atoms. The lowest BCUT2D eigenvalue weighted by molar-refractivity contribution is -0.144. The third kappa shape index (κ3) is 9.82. The molecule has 8 heteroatoms. The van der Waals surface area contributed by atoms with E-state index >= 15 is 0 Å². The van der Waals surface area contributed by atoms with E-state index in [0.717, 1.165) is 72.9 Å². The van der Waals surface area contributed by atoms with Crippen LogP contribution in [-0.2, 0) is 16.0 Å². The minimum Gasteiger partial charge on any atom is -0.491 e. The van der Waals surface area contributed by atoms with Crippen LogP contribution in [0.25, 0.3) is 0 Å². The van der Waals surface area contributed by atoms with Gasteiger partial charge in [0.2, 0.25) is 0 Å². The van der Waals surface area contributed by atoms with Gasteiger partial charge in [0.25, 0.3) is 0 Å². The Bertz CT molecular complexity index is 1200. The van der Waals surface area contributed by atoms with E-state index in [9.17, 15) is 9.59 Å². The van der Waals surface area contributed by atoms with Gasteiger partial charge in [0, 0.05) is 31.1 Å². The van der Waals surface area contributed by atoms with E-state index in [0.29, 0.717) is 31.5 Å². The third-order valence-electron chi connectivity index (χ3n) is 8.29. The Hall–Kier alpha value is -2.87. The molecule has 7 nitrogen and oxygen atoms in total. The van der Waals surface area contributed by atoms with Gasteiger partial charge in [-0.05, 0) is 80.8 Å². The molecule has 1 unspecified atom stereocenters. The highest BCUT2D eigenvalue weighted by molar-refractivity contribution is 8.00. The summed E-state index contributed by atoms with van der Waals surface area (Å²) in [7, 11) is 0. The fourth-order valence-electron chi connectivity index (χ4n) is 5.71. The molecule has 1 atom stereocenters. The number of esters is 1. The van der Waals surface area contributed by atoms with Gasteiger partial charge in [-0.15, -0.1) is 11.8 Å². The van der Waals surface area contributed by atoms with Crippen molar-refractivity contribution >= 4 is 35.1 Å². The Morgan fingerprint density at radius 1 is 1.02 bits per heavy atom. The number of hydrogen-bond acceptors (Lipinski definition) is 6. The topological polar surface area (TPSA) is 71.1 Å². The highest BCUT2D eigenvalue weighted by Gasteiger charge is 2.36. The van der Waals surface area contributed by atoms with Gasteiger partial charge in [-0.1, -0.05) is 65.7 Å². The maximum absolute atomic E-state index is 13.4. The maximum atomic E-state index is 13.4. The van der Waals surface area contributed by atoms with E-state index in [1.54, 1.807) is 11.8 Å². The number of ether oxygens (including phenoxy) is 2. The van der Waals surface area contributed by atoms with Gasteiger partial charge in [0.1, 0.15) is 5.75 Å². The second kappa shape index (κ2) is 17.0. The Kier molecular flexibility index (Phi) is 13.8. The number of carbonyl (C=O) groups excluding carboxylic acids is 2. The molecule has 0 aliphatic carbocycles. The Balaban J connectivity index is 1.91. The van der Waals surface area contributed by atoms with Gasteiger partial charge in [-0.25, -0.2) is 4.79 Å². The van der Waals surface area contributed by atoms with E-state index in [-0.39, 0.29) is 16.9 Å². The highest BCUT2D eigenvalue weighted by Crippen LogP contribution is 2.37.